The number of rotatable bonds is 9. The number of imidazole rings is 1. The number of nitrogens with zero attached hydrogens (tertiary/aromatic N) is 3. The number of halogens is 1. The van der Waals surface area contributed by atoms with Crippen LogP contribution >= 0.6 is 24.0 Å². The topological polar surface area (TPSA) is 86.7 Å². The van der Waals surface area contributed by atoms with Gasteiger partial charge in [-0.25, -0.2) is 4.98 Å². The molecule has 0 saturated heterocycles. The van der Waals surface area contributed by atoms with Gasteiger partial charge in [-0.3, -0.25) is 4.99 Å². The van der Waals surface area contributed by atoms with Gasteiger partial charge in [-0.2, -0.15) is 0 Å². The number of aliphatic imine (C=N–C) groups is 1. The van der Waals surface area contributed by atoms with E-state index in [-0.39, 0.29) is 24.0 Å². The van der Waals surface area contributed by atoms with Crippen LogP contribution in [0, 0.1) is 0 Å². The fraction of sp³-hybridized carbons (Fsp3) is 0.333. The second-order valence-electron chi connectivity index (χ2n) is 6.41. The average Bonchev–Trinajstić information content (AvgIpc) is 3.14. The van der Waals surface area contributed by atoms with E-state index in [9.17, 15) is 0 Å². The lowest BCUT2D eigenvalue weighted by atomic mass is 10.1. The molecular weight excluding hydrogens is 481 g/mol. The van der Waals surface area contributed by atoms with E-state index in [1.165, 1.54) is 0 Å². The summed E-state index contributed by atoms with van der Waals surface area (Å²) in [6.07, 6.45) is 3.59. The summed E-state index contributed by atoms with van der Waals surface area (Å²) >= 11 is 0. The van der Waals surface area contributed by atoms with Gasteiger partial charge in [0, 0.05) is 19.6 Å². The largest absolute Gasteiger partial charge is 0.493 e. The van der Waals surface area contributed by atoms with Gasteiger partial charge in [0.25, 0.3) is 0 Å². The molecule has 3 aromatic rings. The van der Waals surface area contributed by atoms with Crippen LogP contribution in [0.3, 0.4) is 0 Å². The van der Waals surface area contributed by atoms with Crippen LogP contribution in [0.15, 0.2) is 53.8 Å². The number of para-hydroxylation sites is 2. The van der Waals surface area contributed by atoms with Gasteiger partial charge in [-0.15, -0.1) is 24.0 Å². The number of aryl methyl sites for hydroxylation is 1. The number of guanidine groups is 1. The summed E-state index contributed by atoms with van der Waals surface area (Å²) in [6.45, 7) is 2.24. The van der Waals surface area contributed by atoms with E-state index >= 15 is 0 Å². The number of ether oxygens (including phenoxy) is 2. The normalized spacial score (nSPS) is 11.2. The molecule has 1 heterocycles. The Balaban J connectivity index is 0.00000300. The van der Waals surface area contributed by atoms with Crippen molar-refractivity contribution >= 4 is 41.0 Å². The number of aromatic nitrogens is 2. The third-order valence-electron chi connectivity index (χ3n) is 4.53. The second-order valence-corrected chi connectivity index (χ2v) is 6.41. The number of hydrogen-bond donors (Lipinski definition) is 2. The number of fused-ring (bicyclic) bond motifs is 1. The first-order chi connectivity index (χ1) is 13.7. The quantitative estimate of drug-likeness (QED) is 0.200. The maximum atomic E-state index is 5.96. The van der Waals surface area contributed by atoms with Crippen LogP contribution in [0.4, 0.5) is 0 Å². The lowest BCUT2D eigenvalue weighted by Crippen LogP contribution is -2.33. The lowest BCUT2D eigenvalue weighted by Gasteiger charge is -2.10. The summed E-state index contributed by atoms with van der Waals surface area (Å²) in [7, 11) is 3.27. The first-order valence-corrected chi connectivity index (χ1v) is 9.36. The zero-order chi connectivity index (χ0) is 19.8. The predicted molar refractivity (Wildman–Crippen MR) is 128 cm³/mol. The Labute approximate surface area is 188 Å². The molecule has 0 unspecified atom stereocenters. The minimum absolute atomic E-state index is 0. The molecular formula is C21H28IN5O2. The molecule has 0 spiro atoms. The first-order valence-electron chi connectivity index (χ1n) is 9.36. The monoisotopic (exact) mass is 509 g/mol. The van der Waals surface area contributed by atoms with Gasteiger partial charge in [0.1, 0.15) is 0 Å². The molecule has 7 nitrogen and oxygen atoms in total. The fourth-order valence-electron chi connectivity index (χ4n) is 3.06. The molecule has 0 atom stereocenters. The number of methoxy groups -OCH3 is 2. The molecule has 1 aromatic heterocycles. The average molecular weight is 509 g/mol. The van der Waals surface area contributed by atoms with Crippen LogP contribution in [0.1, 0.15) is 12.0 Å². The number of hydrogen-bond acceptors (Lipinski definition) is 4. The van der Waals surface area contributed by atoms with Crippen LogP contribution in [-0.4, -0.2) is 42.8 Å². The van der Waals surface area contributed by atoms with E-state index in [4.69, 9.17) is 15.2 Å². The molecule has 29 heavy (non-hydrogen) atoms. The molecule has 0 aliphatic rings. The molecule has 0 amide bonds. The van der Waals surface area contributed by atoms with Gasteiger partial charge in [0.05, 0.1) is 31.6 Å². The van der Waals surface area contributed by atoms with Crippen LogP contribution in [0.5, 0.6) is 11.5 Å². The molecule has 156 valence electrons. The minimum atomic E-state index is 0. The van der Waals surface area contributed by atoms with Gasteiger partial charge >= 0.3 is 0 Å². The molecule has 0 aliphatic carbocycles. The molecule has 8 heteroatoms. The summed E-state index contributed by atoms with van der Waals surface area (Å²) in [5.41, 5.74) is 9.27. The van der Waals surface area contributed by atoms with Crippen LogP contribution < -0.4 is 20.5 Å². The first kappa shape index (κ1) is 22.8. The van der Waals surface area contributed by atoms with Gasteiger partial charge in [-0.1, -0.05) is 18.2 Å². The highest BCUT2D eigenvalue weighted by Crippen LogP contribution is 2.27. The number of nitrogens with one attached hydrogen (secondary N) is 1. The Hall–Kier alpha value is -2.49. The van der Waals surface area contributed by atoms with Gasteiger partial charge in [0.2, 0.25) is 0 Å². The minimum Gasteiger partial charge on any atom is -0.493 e. The summed E-state index contributed by atoms with van der Waals surface area (Å²) in [5, 5.41) is 3.16. The zero-order valence-corrected chi connectivity index (χ0v) is 19.1. The predicted octanol–water partition coefficient (Wildman–Crippen LogP) is 3.21. The van der Waals surface area contributed by atoms with Crippen LogP contribution in [-0.2, 0) is 13.0 Å². The Bertz CT molecular complexity index is 942. The highest BCUT2D eigenvalue weighted by Gasteiger charge is 2.04. The standard InChI is InChI=1S/C21H27N5O2.HI/c1-27-19-9-8-16(14-20(19)28-2)10-12-24-21(22)23-11-5-13-26-15-25-17-6-3-4-7-18(17)26;/h3-4,6-9,14-15H,5,10-13H2,1-2H3,(H3,22,23,24);1H. The van der Waals surface area contributed by atoms with Crippen molar-refractivity contribution in [1.82, 2.24) is 14.9 Å². The zero-order valence-electron chi connectivity index (χ0n) is 16.8. The number of nitrogens with two attached hydrogens (primary N) is 1. The fourth-order valence-corrected chi connectivity index (χ4v) is 3.06. The van der Waals surface area contributed by atoms with E-state index < -0.39 is 0 Å². The van der Waals surface area contributed by atoms with Crippen molar-refractivity contribution in [3.63, 3.8) is 0 Å². The molecule has 0 saturated carbocycles. The smallest absolute Gasteiger partial charge is 0.188 e. The molecule has 0 fully saturated rings. The molecule has 0 aliphatic heterocycles. The molecule has 0 bridgehead atoms. The van der Waals surface area contributed by atoms with E-state index in [1.807, 2.05) is 42.7 Å². The van der Waals surface area contributed by atoms with Gasteiger partial charge in [-0.05, 0) is 42.7 Å². The van der Waals surface area contributed by atoms with E-state index in [0.29, 0.717) is 19.0 Å². The highest BCUT2D eigenvalue weighted by atomic mass is 127. The van der Waals surface area contributed by atoms with Crippen molar-refractivity contribution < 1.29 is 9.47 Å². The molecule has 2 aromatic carbocycles. The Morgan fingerprint density at radius 1 is 1.14 bits per heavy atom. The molecule has 3 N–H and O–H groups in total. The van der Waals surface area contributed by atoms with Crippen molar-refractivity contribution in [3.05, 3.63) is 54.4 Å². The number of benzene rings is 2. The van der Waals surface area contributed by atoms with E-state index in [1.54, 1.807) is 14.2 Å². The van der Waals surface area contributed by atoms with Crippen molar-refractivity contribution in [2.24, 2.45) is 10.7 Å². The molecule has 3 rings (SSSR count). The van der Waals surface area contributed by atoms with Crippen molar-refractivity contribution in [2.45, 2.75) is 19.4 Å². The maximum absolute atomic E-state index is 5.96. The van der Waals surface area contributed by atoms with Crippen molar-refractivity contribution in [1.29, 1.82) is 0 Å². The third kappa shape index (κ3) is 6.25. The summed E-state index contributed by atoms with van der Waals surface area (Å²) in [5.74, 6) is 1.93. The third-order valence-corrected chi connectivity index (χ3v) is 4.53. The Kier molecular flexibility index (Phi) is 9.04. The summed E-state index contributed by atoms with van der Waals surface area (Å²) < 4.78 is 12.7. The summed E-state index contributed by atoms with van der Waals surface area (Å²) in [4.78, 5) is 8.80. The van der Waals surface area contributed by atoms with Crippen molar-refractivity contribution in [2.75, 3.05) is 27.3 Å². The van der Waals surface area contributed by atoms with Crippen LogP contribution in [0.2, 0.25) is 0 Å². The maximum Gasteiger partial charge on any atom is 0.188 e. The highest BCUT2D eigenvalue weighted by molar-refractivity contribution is 14.0. The summed E-state index contributed by atoms with van der Waals surface area (Å²) in [6, 6.07) is 14.0. The van der Waals surface area contributed by atoms with E-state index in [0.717, 1.165) is 47.5 Å². The molecule has 0 radical (unpaired) electrons. The van der Waals surface area contributed by atoms with Crippen molar-refractivity contribution in [3.8, 4) is 11.5 Å². The SMILES string of the molecule is COc1ccc(CCNC(N)=NCCCn2cnc3ccccc32)cc1OC.I. The Morgan fingerprint density at radius 2 is 1.93 bits per heavy atom. The van der Waals surface area contributed by atoms with Crippen LogP contribution in [0.25, 0.3) is 11.0 Å². The van der Waals surface area contributed by atoms with E-state index in [2.05, 4.69) is 25.9 Å². The van der Waals surface area contributed by atoms with Gasteiger partial charge < -0.3 is 25.1 Å². The van der Waals surface area contributed by atoms with Gasteiger partial charge in [0.15, 0.2) is 17.5 Å². The Morgan fingerprint density at radius 3 is 2.72 bits per heavy atom. The lowest BCUT2D eigenvalue weighted by molar-refractivity contribution is 0.354. The second kappa shape index (κ2) is 11.5.